The van der Waals surface area contributed by atoms with Crippen molar-refractivity contribution in [2.24, 2.45) is 0 Å². The maximum atomic E-state index is 12.5. The summed E-state index contributed by atoms with van der Waals surface area (Å²) in [5, 5.41) is 6.10. The molecule has 1 aromatic heterocycles. The van der Waals surface area contributed by atoms with Crippen LogP contribution in [0.5, 0.6) is 0 Å². The van der Waals surface area contributed by atoms with Gasteiger partial charge in [-0.2, -0.15) is 0 Å². The SMILES string of the molecule is CCOC(=O)c1ccc(NC(=O)c2cncc(NCCc3ccccc3)c2)cc1. The molecule has 1 amide bonds. The number of hydrogen-bond acceptors (Lipinski definition) is 5. The van der Waals surface area contributed by atoms with Crippen LogP contribution in [0.4, 0.5) is 11.4 Å². The second kappa shape index (κ2) is 10.0. The van der Waals surface area contributed by atoms with Gasteiger partial charge in [0, 0.05) is 24.6 Å². The zero-order chi connectivity index (χ0) is 20.5. The molecule has 0 aliphatic rings. The zero-order valence-electron chi connectivity index (χ0n) is 16.2. The molecule has 0 unspecified atom stereocenters. The number of esters is 1. The molecule has 0 aliphatic heterocycles. The highest BCUT2D eigenvalue weighted by molar-refractivity contribution is 6.04. The van der Waals surface area contributed by atoms with Gasteiger partial charge in [0.05, 0.1) is 23.4 Å². The largest absolute Gasteiger partial charge is 0.462 e. The van der Waals surface area contributed by atoms with Gasteiger partial charge in [-0.25, -0.2) is 4.79 Å². The van der Waals surface area contributed by atoms with E-state index in [0.717, 1.165) is 18.7 Å². The molecule has 0 bridgehead atoms. The van der Waals surface area contributed by atoms with Crippen LogP contribution in [0.1, 0.15) is 33.2 Å². The van der Waals surface area contributed by atoms with Crippen LogP contribution in [0.3, 0.4) is 0 Å². The lowest BCUT2D eigenvalue weighted by molar-refractivity contribution is 0.0526. The maximum absolute atomic E-state index is 12.5. The molecule has 1 heterocycles. The number of aromatic nitrogens is 1. The number of nitrogens with one attached hydrogen (secondary N) is 2. The van der Waals surface area contributed by atoms with E-state index >= 15 is 0 Å². The van der Waals surface area contributed by atoms with Gasteiger partial charge < -0.3 is 15.4 Å². The summed E-state index contributed by atoms with van der Waals surface area (Å²) in [6.45, 7) is 2.82. The van der Waals surface area contributed by atoms with E-state index in [1.807, 2.05) is 18.2 Å². The van der Waals surface area contributed by atoms with Gasteiger partial charge in [-0.05, 0) is 49.2 Å². The molecular weight excluding hydrogens is 366 g/mol. The van der Waals surface area contributed by atoms with Crippen molar-refractivity contribution in [3.8, 4) is 0 Å². The van der Waals surface area contributed by atoms with E-state index in [1.54, 1.807) is 43.5 Å². The predicted molar refractivity (Wildman–Crippen MR) is 113 cm³/mol. The van der Waals surface area contributed by atoms with E-state index in [9.17, 15) is 9.59 Å². The molecule has 0 saturated heterocycles. The zero-order valence-corrected chi connectivity index (χ0v) is 16.2. The van der Waals surface area contributed by atoms with Crippen LogP contribution in [0, 0.1) is 0 Å². The summed E-state index contributed by atoms with van der Waals surface area (Å²) in [4.78, 5) is 28.3. The van der Waals surface area contributed by atoms with Gasteiger partial charge in [0.1, 0.15) is 0 Å². The molecule has 3 aromatic rings. The number of hydrogen-bond donors (Lipinski definition) is 2. The van der Waals surface area contributed by atoms with Crippen molar-refractivity contribution >= 4 is 23.3 Å². The lowest BCUT2D eigenvalue weighted by atomic mass is 10.1. The molecule has 148 valence electrons. The third-order valence-electron chi connectivity index (χ3n) is 4.24. The first kappa shape index (κ1) is 20.1. The number of benzene rings is 2. The topological polar surface area (TPSA) is 80.3 Å². The van der Waals surface area contributed by atoms with E-state index in [2.05, 4.69) is 27.8 Å². The number of ether oxygens (including phenoxy) is 1. The van der Waals surface area contributed by atoms with Crippen LogP contribution in [0.25, 0.3) is 0 Å². The Labute approximate surface area is 169 Å². The van der Waals surface area contributed by atoms with Gasteiger partial charge in [-0.1, -0.05) is 30.3 Å². The fourth-order valence-electron chi connectivity index (χ4n) is 2.76. The Balaban J connectivity index is 1.56. The van der Waals surface area contributed by atoms with Crippen molar-refractivity contribution in [3.05, 3.63) is 89.7 Å². The van der Waals surface area contributed by atoms with Crippen LogP contribution in [0.15, 0.2) is 73.1 Å². The van der Waals surface area contributed by atoms with Crippen molar-refractivity contribution in [1.82, 2.24) is 4.98 Å². The fourth-order valence-corrected chi connectivity index (χ4v) is 2.76. The maximum Gasteiger partial charge on any atom is 0.338 e. The minimum absolute atomic E-state index is 0.270. The smallest absolute Gasteiger partial charge is 0.338 e. The average molecular weight is 389 g/mol. The Morgan fingerprint density at radius 2 is 1.69 bits per heavy atom. The number of amides is 1. The summed E-state index contributed by atoms with van der Waals surface area (Å²) in [5.74, 6) is -0.656. The molecule has 29 heavy (non-hydrogen) atoms. The van der Waals surface area contributed by atoms with Crippen LogP contribution in [0.2, 0.25) is 0 Å². The summed E-state index contributed by atoms with van der Waals surface area (Å²) in [6.07, 6.45) is 4.09. The van der Waals surface area contributed by atoms with E-state index in [-0.39, 0.29) is 11.9 Å². The third-order valence-corrected chi connectivity index (χ3v) is 4.24. The number of carbonyl (C=O) groups is 2. The number of nitrogens with zero attached hydrogens (tertiary/aromatic N) is 1. The minimum atomic E-state index is -0.385. The molecule has 0 saturated carbocycles. The highest BCUT2D eigenvalue weighted by Crippen LogP contribution is 2.14. The molecule has 2 N–H and O–H groups in total. The van der Waals surface area contributed by atoms with Crippen molar-refractivity contribution in [3.63, 3.8) is 0 Å². The number of carbonyl (C=O) groups excluding carboxylic acids is 2. The van der Waals surface area contributed by atoms with E-state index in [1.165, 1.54) is 11.8 Å². The Hall–Kier alpha value is -3.67. The van der Waals surface area contributed by atoms with Gasteiger partial charge in [0.15, 0.2) is 0 Å². The Kier molecular flexibility index (Phi) is 6.95. The van der Waals surface area contributed by atoms with Crippen LogP contribution in [-0.2, 0) is 11.2 Å². The molecule has 6 nitrogen and oxygen atoms in total. The lowest BCUT2D eigenvalue weighted by Crippen LogP contribution is -2.13. The molecular formula is C23H23N3O3. The molecule has 3 rings (SSSR count). The molecule has 2 aromatic carbocycles. The number of pyridine rings is 1. The van der Waals surface area contributed by atoms with E-state index in [0.29, 0.717) is 23.4 Å². The average Bonchev–Trinajstić information content (AvgIpc) is 2.75. The fraction of sp³-hybridized carbons (Fsp3) is 0.174. The Morgan fingerprint density at radius 3 is 2.41 bits per heavy atom. The van der Waals surface area contributed by atoms with Crippen molar-refractivity contribution in [1.29, 1.82) is 0 Å². The van der Waals surface area contributed by atoms with Gasteiger partial charge in [-0.3, -0.25) is 9.78 Å². The highest BCUT2D eigenvalue weighted by Gasteiger charge is 2.10. The molecule has 0 fully saturated rings. The van der Waals surface area contributed by atoms with Gasteiger partial charge >= 0.3 is 5.97 Å². The van der Waals surface area contributed by atoms with E-state index < -0.39 is 0 Å². The molecule has 0 radical (unpaired) electrons. The monoisotopic (exact) mass is 389 g/mol. The second-order valence-corrected chi connectivity index (χ2v) is 6.38. The Morgan fingerprint density at radius 1 is 0.931 bits per heavy atom. The predicted octanol–water partition coefficient (Wildman–Crippen LogP) is 4.17. The Bertz CT molecular complexity index is 957. The first-order valence-corrected chi connectivity index (χ1v) is 9.47. The molecule has 0 atom stereocenters. The highest BCUT2D eigenvalue weighted by atomic mass is 16.5. The molecule has 6 heteroatoms. The normalized spacial score (nSPS) is 10.2. The third kappa shape index (κ3) is 5.90. The van der Waals surface area contributed by atoms with Gasteiger partial charge in [-0.15, -0.1) is 0 Å². The number of rotatable bonds is 8. The standard InChI is InChI=1S/C23H23N3O3/c1-2-29-23(28)18-8-10-20(11-9-18)26-22(27)19-14-21(16-24-15-19)25-13-12-17-6-4-3-5-7-17/h3-11,14-16,25H,2,12-13H2,1H3,(H,26,27). The van der Waals surface area contributed by atoms with Crippen LogP contribution in [-0.4, -0.2) is 30.0 Å². The van der Waals surface area contributed by atoms with E-state index in [4.69, 9.17) is 4.74 Å². The quantitative estimate of drug-likeness (QED) is 0.565. The summed E-state index contributed by atoms with van der Waals surface area (Å²) >= 11 is 0. The molecule has 0 spiro atoms. The van der Waals surface area contributed by atoms with Gasteiger partial charge in [0.2, 0.25) is 0 Å². The van der Waals surface area contributed by atoms with Crippen molar-refractivity contribution in [2.75, 3.05) is 23.8 Å². The summed E-state index contributed by atoms with van der Waals surface area (Å²) in [7, 11) is 0. The summed E-state index contributed by atoms with van der Waals surface area (Å²) in [6, 6.07) is 18.5. The lowest BCUT2D eigenvalue weighted by Gasteiger charge is -2.09. The van der Waals surface area contributed by atoms with Crippen molar-refractivity contribution in [2.45, 2.75) is 13.3 Å². The van der Waals surface area contributed by atoms with Gasteiger partial charge in [0.25, 0.3) is 5.91 Å². The van der Waals surface area contributed by atoms with Crippen LogP contribution < -0.4 is 10.6 Å². The minimum Gasteiger partial charge on any atom is -0.462 e. The number of anilines is 2. The first-order valence-electron chi connectivity index (χ1n) is 9.47. The van der Waals surface area contributed by atoms with Crippen molar-refractivity contribution < 1.29 is 14.3 Å². The summed E-state index contributed by atoms with van der Waals surface area (Å²) in [5.41, 5.74) is 3.50. The molecule has 0 aliphatic carbocycles. The first-order chi connectivity index (χ1) is 14.2. The van der Waals surface area contributed by atoms with Crippen LogP contribution >= 0.6 is 0 Å². The summed E-state index contributed by atoms with van der Waals surface area (Å²) < 4.78 is 4.95. The second-order valence-electron chi connectivity index (χ2n) is 6.38.